The lowest BCUT2D eigenvalue weighted by Gasteiger charge is -2.24. The van der Waals surface area contributed by atoms with Gasteiger partial charge in [0.15, 0.2) is 4.80 Å². The second-order valence-electron chi connectivity index (χ2n) is 8.51. The van der Waals surface area contributed by atoms with Crippen molar-refractivity contribution in [3.8, 4) is 11.5 Å². The van der Waals surface area contributed by atoms with Crippen molar-refractivity contribution >= 4 is 23.4 Å². The number of aromatic nitrogens is 1. The first-order valence-electron chi connectivity index (χ1n) is 12.0. The lowest BCUT2D eigenvalue weighted by atomic mass is 9.96. The average Bonchev–Trinajstić information content (AvgIpc) is 3.14. The topological polar surface area (TPSA) is 79.1 Å². The molecule has 4 rings (SSSR count). The fourth-order valence-electron chi connectivity index (χ4n) is 4.12. The van der Waals surface area contributed by atoms with Crippen molar-refractivity contribution in [2.75, 3.05) is 13.2 Å². The molecule has 0 saturated heterocycles. The van der Waals surface area contributed by atoms with Crippen LogP contribution in [0.5, 0.6) is 11.5 Å². The molecule has 36 heavy (non-hydrogen) atoms. The van der Waals surface area contributed by atoms with Crippen molar-refractivity contribution in [2.45, 2.75) is 46.8 Å². The second kappa shape index (κ2) is 11.0. The van der Waals surface area contributed by atoms with Gasteiger partial charge in [-0.05, 0) is 64.5 Å². The van der Waals surface area contributed by atoms with Crippen LogP contribution in [0.3, 0.4) is 0 Å². The van der Waals surface area contributed by atoms with Crippen molar-refractivity contribution in [1.82, 2.24) is 4.57 Å². The maximum atomic E-state index is 13.8. The molecular formula is C28H30N2O5S. The smallest absolute Gasteiger partial charge is 0.338 e. The zero-order valence-corrected chi connectivity index (χ0v) is 21.9. The van der Waals surface area contributed by atoms with Gasteiger partial charge in [0.05, 0.1) is 41.2 Å². The van der Waals surface area contributed by atoms with Gasteiger partial charge in [-0.1, -0.05) is 41.7 Å². The van der Waals surface area contributed by atoms with Crippen molar-refractivity contribution < 1.29 is 19.0 Å². The zero-order chi connectivity index (χ0) is 25.8. The normalized spacial score (nSPS) is 15.5. The Balaban J connectivity index is 1.90. The van der Waals surface area contributed by atoms with Gasteiger partial charge in [-0.3, -0.25) is 9.36 Å². The van der Waals surface area contributed by atoms with Crippen LogP contribution < -0.4 is 24.4 Å². The molecule has 188 valence electrons. The van der Waals surface area contributed by atoms with Crippen LogP contribution >= 0.6 is 11.3 Å². The van der Waals surface area contributed by atoms with E-state index in [1.807, 2.05) is 75.4 Å². The monoisotopic (exact) mass is 506 g/mol. The third-order valence-electron chi connectivity index (χ3n) is 5.59. The van der Waals surface area contributed by atoms with Crippen LogP contribution in [-0.4, -0.2) is 29.9 Å². The minimum Gasteiger partial charge on any atom is -0.494 e. The summed E-state index contributed by atoms with van der Waals surface area (Å²) in [6.45, 7) is 10.1. The number of nitrogens with zero attached hydrogens (tertiary/aromatic N) is 2. The highest BCUT2D eigenvalue weighted by molar-refractivity contribution is 7.07. The Morgan fingerprint density at radius 3 is 2.50 bits per heavy atom. The van der Waals surface area contributed by atoms with Gasteiger partial charge in [0.25, 0.3) is 5.56 Å². The van der Waals surface area contributed by atoms with E-state index >= 15 is 0 Å². The molecule has 1 atom stereocenters. The van der Waals surface area contributed by atoms with Crippen molar-refractivity contribution in [3.63, 3.8) is 0 Å². The van der Waals surface area contributed by atoms with Gasteiger partial charge in [-0.15, -0.1) is 0 Å². The second-order valence-corrected chi connectivity index (χ2v) is 9.52. The number of hydrogen-bond donors (Lipinski definition) is 0. The van der Waals surface area contributed by atoms with Crippen LogP contribution in [0.1, 0.15) is 51.8 Å². The SMILES string of the molecule is CCOC(=O)C1=C(C)N=c2s/c(=C\c3ccccc3OC(C)C)c(=O)n2[C@@H]1c1ccc(OCC)cc1. The Labute approximate surface area is 214 Å². The van der Waals surface area contributed by atoms with Gasteiger partial charge in [-0.25, -0.2) is 9.79 Å². The molecule has 3 aromatic rings. The summed E-state index contributed by atoms with van der Waals surface area (Å²) in [6, 6.07) is 14.4. The van der Waals surface area contributed by atoms with E-state index in [2.05, 4.69) is 4.99 Å². The molecule has 0 aliphatic carbocycles. The number of ether oxygens (including phenoxy) is 3. The van der Waals surface area contributed by atoms with E-state index in [9.17, 15) is 9.59 Å². The summed E-state index contributed by atoms with van der Waals surface area (Å²) in [6.07, 6.45) is 1.82. The number of fused-ring (bicyclic) bond motifs is 1. The van der Waals surface area contributed by atoms with Crippen LogP contribution in [0.15, 0.2) is 69.6 Å². The van der Waals surface area contributed by atoms with Crippen molar-refractivity contribution in [3.05, 3.63) is 90.6 Å². The number of carbonyl (C=O) groups is 1. The summed E-state index contributed by atoms with van der Waals surface area (Å²) in [5.74, 6) is 0.932. The molecule has 1 aromatic heterocycles. The number of para-hydroxylation sites is 1. The van der Waals surface area contributed by atoms with E-state index < -0.39 is 12.0 Å². The van der Waals surface area contributed by atoms with Crippen LogP contribution in [0.25, 0.3) is 6.08 Å². The minimum absolute atomic E-state index is 0.00443. The Morgan fingerprint density at radius 2 is 1.83 bits per heavy atom. The lowest BCUT2D eigenvalue weighted by Crippen LogP contribution is -2.39. The van der Waals surface area contributed by atoms with Crippen LogP contribution in [0.4, 0.5) is 0 Å². The molecule has 8 heteroatoms. The summed E-state index contributed by atoms with van der Waals surface area (Å²) in [5.41, 5.74) is 2.22. The Bertz CT molecular complexity index is 1460. The number of thiazole rings is 1. The number of hydrogen-bond acceptors (Lipinski definition) is 7. The highest BCUT2D eigenvalue weighted by Gasteiger charge is 2.33. The summed E-state index contributed by atoms with van der Waals surface area (Å²) >= 11 is 1.29. The molecule has 1 aliphatic heterocycles. The lowest BCUT2D eigenvalue weighted by molar-refractivity contribution is -0.139. The molecule has 0 bridgehead atoms. The van der Waals surface area contributed by atoms with E-state index in [-0.39, 0.29) is 18.3 Å². The molecule has 1 aliphatic rings. The van der Waals surface area contributed by atoms with Gasteiger partial charge in [0.2, 0.25) is 0 Å². The molecule has 2 aromatic carbocycles. The number of rotatable bonds is 8. The first-order valence-corrected chi connectivity index (χ1v) is 12.8. The molecule has 0 amide bonds. The van der Waals surface area contributed by atoms with Gasteiger partial charge < -0.3 is 14.2 Å². The highest BCUT2D eigenvalue weighted by atomic mass is 32.1. The largest absolute Gasteiger partial charge is 0.494 e. The predicted octanol–water partition coefficient (Wildman–Crippen LogP) is 3.98. The van der Waals surface area contributed by atoms with Gasteiger partial charge in [0, 0.05) is 5.56 Å². The van der Waals surface area contributed by atoms with Crippen molar-refractivity contribution in [1.29, 1.82) is 0 Å². The molecule has 0 saturated carbocycles. The first-order chi connectivity index (χ1) is 17.3. The highest BCUT2D eigenvalue weighted by Crippen LogP contribution is 2.31. The molecule has 0 spiro atoms. The summed E-state index contributed by atoms with van der Waals surface area (Å²) < 4.78 is 19.0. The maximum absolute atomic E-state index is 13.8. The summed E-state index contributed by atoms with van der Waals surface area (Å²) in [4.78, 5) is 32.0. The van der Waals surface area contributed by atoms with Gasteiger partial charge >= 0.3 is 5.97 Å². The molecule has 0 N–H and O–H groups in total. The molecule has 0 fully saturated rings. The average molecular weight is 507 g/mol. The van der Waals surface area contributed by atoms with Crippen LogP contribution in [0.2, 0.25) is 0 Å². The molecule has 0 unspecified atom stereocenters. The molecule has 7 nitrogen and oxygen atoms in total. The number of allylic oxidation sites excluding steroid dienone is 1. The standard InChI is InChI=1S/C28H30N2O5S/c1-6-33-21-14-12-19(13-15-21)25-24(27(32)34-7-2)18(5)29-28-30(25)26(31)23(36-28)16-20-10-8-9-11-22(20)35-17(3)4/h8-17,25H,6-7H2,1-5H3/b23-16-/t25-/m1/s1. The van der Waals surface area contributed by atoms with Gasteiger partial charge in [-0.2, -0.15) is 0 Å². The summed E-state index contributed by atoms with van der Waals surface area (Å²) in [5, 5.41) is 0. The Hall–Kier alpha value is -3.65. The van der Waals surface area contributed by atoms with Crippen molar-refractivity contribution in [2.24, 2.45) is 4.99 Å². The Kier molecular flexibility index (Phi) is 7.74. The predicted molar refractivity (Wildman–Crippen MR) is 140 cm³/mol. The van der Waals surface area contributed by atoms with Crippen LogP contribution in [-0.2, 0) is 9.53 Å². The first kappa shape index (κ1) is 25.4. The van der Waals surface area contributed by atoms with E-state index in [0.717, 1.165) is 11.1 Å². The zero-order valence-electron chi connectivity index (χ0n) is 21.1. The van der Waals surface area contributed by atoms with E-state index in [1.165, 1.54) is 11.3 Å². The summed E-state index contributed by atoms with van der Waals surface area (Å²) in [7, 11) is 0. The fourth-order valence-corrected chi connectivity index (χ4v) is 5.16. The molecular weight excluding hydrogens is 476 g/mol. The van der Waals surface area contributed by atoms with E-state index in [1.54, 1.807) is 18.4 Å². The fraction of sp³-hybridized carbons (Fsp3) is 0.321. The molecule has 0 radical (unpaired) electrons. The number of benzene rings is 2. The third-order valence-corrected chi connectivity index (χ3v) is 6.58. The molecule has 2 heterocycles. The number of carbonyl (C=O) groups excluding carboxylic acids is 1. The third kappa shape index (κ3) is 5.14. The Morgan fingerprint density at radius 1 is 1.11 bits per heavy atom. The quantitative estimate of drug-likeness (QED) is 0.432. The number of esters is 1. The van der Waals surface area contributed by atoms with E-state index in [0.29, 0.717) is 38.7 Å². The van der Waals surface area contributed by atoms with Crippen LogP contribution in [0, 0.1) is 0 Å². The van der Waals surface area contributed by atoms with Gasteiger partial charge in [0.1, 0.15) is 11.5 Å². The maximum Gasteiger partial charge on any atom is 0.338 e. The minimum atomic E-state index is -0.666. The van der Waals surface area contributed by atoms with E-state index in [4.69, 9.17) is 14.2 Å².